The predicted molar refractivity (Wildman–Crippen MR) is 88.8 cm³/mol. The van der Waals surface area contributed by atoms with Crippen molar-refractivity contribution < 1.29 is 17.6 Å². The zero-order valence-corrected chi connectivity index (χ0v) is 13.7. The summed E-state index contributed by atoms with van der Waals surface area (Å²) in [6.45, 7) is 0.779. The van der Waals surface area contributed by atoms with Gasteiger partial charge in [0.15, 0.2) is 15.4 Å². The van der Waals surface area contributed by atoms with Crippen LogP contribution in [0.1, 0.15) is 18.4 Å². The van der Waals surface area contributed by atoms with Gasteiger partial charge in [0.05, 0.1) is 17.2 Å². The average Bonchev–Trinajstić information content (AvgIpc) is 2.98. The van der Waals surface area contributed by atoms with Crippen LogP contribution in [0.3, 0.4) is 0 Å². The number of hydrogen-bond donors (Lipinski definition) is 1. The molecule has 4 rings (SSSR count). The predicted octanol–water partition coefficient (Wildman–Crippen LogP) is 0.677. The summed E-state index contributed by atoms with van der Waals surface area (Å²) in [5.41, 5.74) is 5.50. The smallest absolute Gasteiger partial charge is 0.298 e. The van der Waals surface area contributed by atoms with Crippen molar-refractivity contribution in [1.29, 1.82) is 0 Å². The fourth-order valence-corrected chi connectivity index (χ4v) is 4.01. The maximum Gasteiger partial charge on any atom is 0.298 e. The van der Waals surface area contributed by atoms with Gasteiger partial charge in [-0.05, 0) is 12.1 Å². The highest BCUT2D eigenvalue weighted by atomic mass is 32.2. The molecule has 0 atom stereocenters. The van der Waals surface area contributed by atoms with Crippen molar-refractivity contribution in [2.24, 2.45) is 5.10 Å². The third kappa shape index (κ3) is 2.86. The second-order valence-electron chi connectivity index (χ2n) is 5.91. The van der Waals surface area contributed by atoms with Crippen molar-refractivity contribution in [1.82, 2.24) is 10.4 Å². The molecule has 1 fully saturated rings. The molecule has 2 aromatic rings. The van der Waals surface area contributed by atoms with Gasteiger partial charge in [-0.1, -0.05) is 6.07 Å². The molecule has 1 amide bonds. The number of amides is 1. The molecule has 0 saturated carbocycles. The summed E-state index contributed by atoms with van der Waals surface area (Å²) in [4.78, 5) is 17.5. The Morgan fingerprint density at radius 1 is 1.17 bits per heavy atom. The third-order valence-corrected chi connectivity index (χ3v) is 5.84. The number of sulfone groups is 1. The molecular weight excluding hydrogens is 332 g/mol. The number of anilines is 1. The maximum atomic E-state index is 11.5. The van der Waals surface area contributed by atoms with E-state index in [1.165, 1.54) is 0 Å². The monoisotopic (exact) mass is 348 g/mol. The highest BCUT2D eigenvalue weighted by Gasteiger charge is 2.25. The van der Waals surface area contributed by atoms with Crippen LogP contribution in [0.5, 0.6) is 0 Å². The minimum atomic E-state index is -2.94. The van der Waals surface area contributed by atoms with Crippen molar-refractivity contribution in [3.63, 3.8) is 0 Å². The molecule has 1 aromatic carbocycles. The van der Waals surface area contributed by atoms with Gasteiger partial charge in [0.25, 0.3) is 6.01 Å². The van der Waals surface area contributed by atoms with E-state index in [-0.39, 0.29) is 17.4 Å². The Balaban J connectivity index is 1.61. The molecule has 0 spiro atoms. The van der Waals surface area contributed by atoms with E-state index in [2.05, 4.69) is 15.5 Å². The normalized spacial score (nSPS) is 20.8. The molecule has 8 nitrogen and oxygen atoms in total. The van der Waals surface area contributed by atoms with Gasteiger partial charge in [0.1, 0.15) is 5.52 Å². The van der Waals surface area contributed by atoms with Gasteiger partial charge in [-0.3, -0.25) is 4.79 Å². The van der Waals surface area contributed by atoms with Crippen LogP contribution < -0.4 is 10.3 Å². The van der Waals surface area contributed by atoms with Crippen LogP contribution in [-0.2, 0) is 14.6 Å². The van der Waals surface area contributed by atoms with Gasteiger partial charge < -0.3 is 9.32 Å². The van der Waals surface area contributed by atoms with Gasteiger partial charge in [-0.2, -0.15) is 10.1 Å². The molecule has 24 heavy (non-hydrogen) atoms. The molecule has 1 N–H and O–H groups in total. The topological polar surface area (TPSA) is 105 Å². The lowest BCUT2D eigenvalue weighted by Gasteiger charge is -2.24. The van der Waals surface area contributed by atoms with Gasteiger partial charge in [-0.15, -0.1) is 0 Å². The Labute approximate surface area is 138 Å². The minimum absolute atomic E-state index is 0.0816. The number of carbonyl (C=O) groups is 1. The zero-order chi connectivity index (χ0) is 16.7. The molecule has 126 valence electrons. The van der Waals surface area contributed by atoms with Crippen LogP contribution in [-0.4, -0.2) is 49.6 Å². The van der Waals surface area contributed by atoms with E-state index in [1.54, 1.807) is 0 Å². The van der Waals surface area contributed by atoms with Crippen molar-refractivity contribution in [2.45, 2.75) is 12.8 Å². The van der Waals surface area contributed by atoms with Crippen molar-refractivity contribution >= 4 is 38.6 Å². The van der Waals surface area contributed by atoms with Crippen molar-refractivity contribution in [3.05, 3.63) is 23.8 Å². The lowest BCUT2D eigenvalue weighted by Crippen LogP contribution is -2.40. The molecule has 0 aliphatic carbocycles. The number of rotatable bonds is 2. The molecule has 1 aromatic heterocycles. The first-order chi connectivity index (χ1) is 11.5. The first-order valence-corrected chi connectivity index (χ1v) is 9.54. The molecular formula is C15H16N4O4S. The van der Waals surface area contributed by atoms with E-state index in [9.17, 15) is 13.2 Å². The second kappa shape index (κ2) is 5.59. The number of hydrazone groups is 1. The van der Waals surface area contributed by atoms with E-state index in [1.807, 2.05) is 23.1 Å². The summed E-state index contributed by atoms with van der Waals surface area (Å²) < 4.78 is 28.8. The van der Waals surface area contributed by atoms with Gasteiger partial charge in [-0.25, -0.2) is 13.8 Å². The molecule has 0 bridgehead atoms. The fourth-order valence-electron chi connectivity index (χ4n) is 2.81. The van der Waals surface area contributed by atoms with E-state index < -0.39 is 9.84 Å². The number of hydrogen-bond acceptors (Lipinski definition) is 7. The SMILES string of the molecule is O=C1CCC(c2ccc3nc(N4CCS(=O)(=O)CC4)oc3c2)=NN1. The van der Waals surface area contributed by atoms with Gasteiger partial charge >= 0.3 is 0 Å². The van der Waals surface area contributed by atoms with Gasteiger partial charge in [0, 0.05) is 31.5 Å². The van der Waals surface area contributed by atoms with E-state index >= 15 is 0 Å². The average molecular weight is 348 g/mol. The number of fused-ring (bicyclic) bond motifs is 1. The minimum Gasteiger partial charge on any atom is -0.423 e. The van der Waals surface area contributed by atoms with Crippen LogP contribution in [0.25, 0.3) is 11.1 Å². The Kier molecular flexibility index (Phi) is 3.52. The largest absolute Gasteiger partial charge is 0.423 e. The van der Waals surface area contributed by atoms with E-state index in [4.69, 9.17) is 4.42 Å². The quantitative estimate of drug-likeness (QED) is 0.855. The van der Waals surface area contributed by atoms with E-state index in [0.717, 1.165) is 11.3 Å². The van der Waals surface area contributed by atoms with Gasteiger partial charge in [0.2, 0.25) is 5.91 Å². The van der Waals surface area contributed by atoms with Crippen LogP contribution in [0.4, 0.5) is 6.01 Å². The lowest BCUT2D eigenvalue weighted by atomic mass is 10.0. The Morgan fingerprint density at radius 3 is 2.67 bits per heavy atom. The number of aromatic nitrogens is 1. The first-order valence-electron chi connectivity index (χ1n) is 7.72. The standard InChI is InChI=1S/C15H16N4O4S/c20-14-4-3-11(17-18-14)10-1-2-12-13(9-10)23-15(16-12)19-5-7-24(21,22)8-6-19/h1-2,9H,3-8H2,(H,18,20). The third-order valence-electron chi connectivity index (χ3n) is 4.23. The summed E-state index contributed by atoms with van der Waals surface area (Å²) in [6.07, 6.45) is 1.00. The van der Waals surface area contributed by atoms with Crippen LogP contribution >= 0.6 is 0 Å². The number of nitrogens with zero attached hydrogens (tertiary/aromatic N) is 3. The highest BCUT2D eigenvalue weighted by Crippen LogP contribution is 2.25. The number of oxazole rings is 1. The van der Waals surface area contributed by atoms with Crippen LogP contribution in [0.15, 0.2) is 27.7 Å². The molecule has 0 unspecified atom stereocenters. The molecule has 2 aliphatic heterocycles. The molecule has 3 heterocycles. The maximum absolute atomic E-state index is 11.5. The van der Waals surface area contributed by atoms with Crippen LogP contribution in [0, 0.1) is 0 Å². The second-order valence-corrected chi connectivity index (χ2v) is 8.21. The first kappa shape index (κ1) is 15.1. The van der Waals surface area contributed by atoms with Crippen LogP contribution in [0.2, 0.25) is 0 Å². The summed E-state index contributed by atoms with van der Waals surface area (Å²) in [5.74, 6) is 0.155. The fraction of sp³-hybridized carbons (Fsp3) is 0.400. The highest BCUT2D eigenvalue weighted by molar-refractivity contribution is 7.91. The summed E-state index contributed by atoms with van der Waals surface area (Å²) in [7, 11) is -2.94. The summed E-state index contributed by atoms with van der Waals surface area (Å²) in [6, 6.07) is 6.03. The Bertz CT molecular complexity index is 934. The number of benzene rings is 1. The summed E-state index contributed by atoms with van der Waals surface area (Å²) >= 11 is 0. The summed E-state index contributed by atoms with van der Waals surface area (Å²) in [5, 5.41) is 4.08. The molecule has 0 radical (unpaired) electrons. The van der Waals surface area contributed by atoms with Crippen molar-refractivity contribution in [2.75, 3.05) is 29.5 Å². The number of nitrogens with one attached hydrogen (secondary N) is 1. The zero-order valence-electron chi connectivity index (χ0n) is 12.9. The Morgan fingerprint density at radius 2 is 1.96 bits per heavy atom. The lowest BCUT2D eigenvalue weighted by molar-refractivity contribution is -0.121. The molecule has 9 heteroatoms. The Hall–Kier alpha value is -2.42. The van der Waals surface area contributed by atoms with E-state index in [0.29, 0.717) is 43.0 Å². The number of carbonyl (C=O) groups excluding carboxylic acids is 1. The molecule has 1 saturated heterocycles. The van der Waals surface area contributed by atoms with Crippen molar-refractivity contribution in [3.8, 4) is 0 Å². The molecule has 2 aliphatic rings.